The summed E-state index contributed by atoms with van der Waals surface area (Å²) in [6, 6.07) is 0. The van der Waals surface area contributed by atoms with Gasteiger partial charge in [-0.1, -0.05) is 11.6 Å². The summed E-state index contributed by atoms with van der Waals surface area (Å²) in [6.45, 7) is 0.821. The highest BCUT2D eigenvalue weighted by atomic mass is 35.5. The Balaban J connectivity index is 2.49. The standard InChI is InChI=1S/C6H8ClNO/c7-3-5-8-4-1-2-6(8)9/h3,5H,1-2,4H2. The first-order chi connectivity index (χ1) is 4.34. The summed E-state index contributed by atoms with van der Waals surface area (Å²) in [6.07, 6.45) is 3.23. The number of hydrogen-bond acceptors (Lipinski definition) is 1. The molecule has 0 N–H and O–H groups in total. The predicted octanol–water partition coefficient (Wildman–Crippen LogP) is 1.32. The molecule has 0 spiro atoms. The maximum Gasteiger partial charge on any atom is 0.226 e. The fraction of sp³-hybridized carbons (Fsp3) is 0.500. The lowest BCUT2D eigenvalue weighted by atomic mass is 10.4. The normalized spacial score (nSPS) is 20.1. The maximum absolute atomic E-state index is 10.8. The molecule has 1 heterocycles. The van der Waals surface area contributed by atoms with Crippen LogP contribution in [0.25, 0.3) is 0 Å². The van der Waals surface area contributed by atoms with Gasteiger partial charge in [-0.25, -0.2) is 0 Å². The van der Waals surface area contributed by atoms with E-state index in [0.717, 1.165) is 13.0 Å². The quantitative estimate of drug-likeness (QED) is 0.545. The zero-order chi connectivity index (χ0) is 6.69. The molecule has 1 aliphatic heterocycles. The van der Waals surface area contributed by atoms with Gasteiger partial charge in [0.15, 0.2) is 0 Å². The topological polar surface area (TPSA) is 20.3 Å². The summed E-state index contributed by atoms with van der Waals surface area (Å²) in [5.74, 6) is 0.173. The summed E-state index contributed by atoms with van der Waals surface area (Å²) in [7, 11) is 0. The number of halogens is 1. The van der Waals surface area contributed by atoms with Crippen LogP contribution in [0.3, 0.4) is 0 Å². The van der Waals surface area contributed by atoms with Crippen molar-refractivity contribution in [2.75, 3.05) is 6.54 Å². The number of hydrogen-bond donors (Lipinski definition) is 0. The summed E-state index contributed by atoms with van der Waals surface area (Å²) in [5.41, 5.74) is 1.36. The van der Waals surface area contributed by atoms with E-state index in [1.165, 1.54) is 5.54 Å². The summed E-state index contributed by atoms with van der Waals surface area (Å²) in [4.78, 5) is 12.4. The Labute approximate surface area is 59.1 Å². The molecule has 1 fully saturated rings. The van der Waals surface area contributed by atoms with Crippen molar-refractivity contribution in [3.63, 3.8) is 0 Å². The first-order valence-corrected chi connectivity index (χ1v) is 3.34. The van der Waals surface area contributed by atoms with Crippen LogP contribution < -0.4 is 0 Å². The largest absolute Gasteiger partial charge is 0.318 e. The fourth-order valence-electron chi connectivity index (χ4n) is 0.895. The van der Waals surface area contributed by atoms with E-state index in [-0.39, 0.29) is 5.91 Å². The third kappa shape index (κ3) is 1.45. The van der Waals surface area contributed by atoms with Gasteiger partial charge in [-0.2, -0.15) is 0 Å². The van der Waals surface area contributed by atoms with Crippen LogP contribution in [0.2, 0.25) is 0 Å². The van der Waals surface area contributed by atoms with Crippen molar-refractivity contribution in [2.45, 2.75) is 12.8 Å². The van der Waals surface area contributed by atoms with Crippen LogP contribution >= 0.6 is 11.6 Å². The van der Waals surface area contributed by atoms with E-state index in [0.29, 0.717) is 6.42 Å². The highest BCUT2D eigenvalue weighted by Crippen LogP contribution is 2.09. The molecule has 1 rings (SSSR count). The van der Waals surface area contributed by atoms with Crippen LogP contribution in [0.15, 0.2) is 11.7 Å². The monoisotopic (exact) mass is 145 g/mol. The zero-order valence-corrected chi connectivity index (χ0v) is 5.77. The summed E-state index contributed by atoms with van der Waals surface area (Å²) in [5, 5.41) is 0. The molecule has 3 heteroatoms. The fourth-order valence-corrected chi connectivity index (χ4v) is 1.03. The highest BCUT2D eigenvalue weighted by Gasteiger charge is 2.16. The average molecular weight is 146 g/mol. The first kappa shape index (κ1) is 6.62. The Morgan fingerprint density at radius 1 is 1.67 bits per heavy atom. The second kappa shape index (κ2) is 2.87. The summed E-state index contributed by atoms with van der Waals surface area (Å²) >= 11 is 5.27. The van der Waals surface area contributed by atoms with E-state index in [4.69, 9.17) is 11.6 Å². The molecule has 0 aromatic carbocycles. The molecule has 50 valence electrons. The van der Waals surface area contributed by atoms with Gasteiger partial charge in [-0.05, 0) is 6.42 Å². The van der Waals surface area contributed by atoms with Crippen molar-refractivity contribution in [3.8, 4) is 0 Å². The van der Waals surface area contributed by atoms with Gasteiger partial charge in [0.2, 0.25) is 5.91 Å². The Morgan fingerprint density at radius 2 is 2.44 bits per heavy atom. The van der Waals surface area contributed by atoms with Gasteiger partial charge >= 0.3 is 0 Å². The van der Waals surface area contributed by atoms with Crippen LogP contribution in [0, 0.1) is 0 Å². The van der Waals surface area contributed by atoms with Crippen LogP contribution in [-0.2, 0) is 4.79 Å². The molecular formula is C6H8ClNO. The molecule has 9 heavy (non-hydrogen) atoms. The van der Waals surface area contributed by atoms with Crippen LogP contribution in [0.1, 0.15) is 12.8 Å². The summed E-state index contributed by atoms with van der Waals surface area (Å²) < 4.78 is 0. The van der Waals surface area contributed by atoms with Gasteiger partial charge in [-0.15, -0.1) is 0 Å². The van der Waals surface area contributed by atoms with Crippen molar-refractivity contribution in [2.24, 2.45) is 0 Å². The van der Waals surface area contributed by atoms with E-state index < -0.39 is 0 Å². The van der Waals surface area contributed by atoms with Crippen LogP contribution in [-0.4, -0.2) is 17.4 Å². The van der Waals surface area contributed by atoms with E-state index in [9.17, 15) is 4.79 Å². The Morgan fingerprint density at radius 3 is 2.89 bits per heavy atom. The zero-order valence-electron chi connectivity index (χ0n) is 5.01. The van der Waals surface area contributed by atoms with Crippen molar-refractivity contribution in [3.05, 3.63) is 11.7 Å². The van der Waals surface area contributed by atoms with Crippen LogP contribution in [0.5, 0.6) is 0 Å². The van der Waals surface area contributed by atoms with Crippen molar-refractivity contribution in [1.82, 2.24) is 4.90 Å². The minimum atomic E-state index is 0.173. The minimum Gasteiger partial charge on any atom is -0.318 e. The molecule has 0 atom stereocenters. The molecule has 0 radical (unpaired) electrons. The van der Waals surface area contributed by atoms with E-state index in [2.05, 4.69) is 0 Å². The Bertz CT molecular complexity index is 144. The SMILES string of the molecule is O=C1CCCN1C=CCl. The van der Waals surface area contributed by atoms with Crippen molar-refractivity contribution >= 4 is 17.5 Å². The van der Waals surface area contributed by atoms with Crippen LogP contribution in [0.4, 0.5) is 0 Å². The number of amides is 1. The number of rotatable bonds is 1. The average Bonchev–Trinajstić information content (AvgIpc) is 2.18. The molecule has 1 amide bonds. The van der Waals surface area contributed by atoms with Gasteiger partial charge in [-0.3, -0.25) is 4.79 Å². The third-order valence-corrected chi connectivity index (χ3v) is 1.46. The maximum atomic E-state index is 10.8. The highest BCUT2D eigenvalue weighted by molar-refractivity contribution is 6.25. The Hall–Kier alpha value is -0.500. The smallest absolute Gasteiger partial charge is 0.226 e. The predicted molar refractivity (Wildman–Crippen MR) is 35.9 cm³/mol. The van der Waals surface area contributed by atoms with Gasteiger partial charge in [0, 0.05) is 24.7 Å². The second-order valence-electron chi connectivity index (χ2n) is 1.97. The van der Waals surface area contributed by atoms with Crippen molar-refractivity contribution in [1.29, 1.82) is 0 Å². The van der Waals surface area contributed by atoms with Crippen molar-refractivity contribution < 1.29 is 4.79 Å². The lowest BCUT2D eigenvalue weighted by Gasteiger charge is -2.05. The van der Waals surface area contributed by atoms with E-state index >= 15 is 0 Å². The molecule has 2 nitrogen and oxygen atoms in total. The number of carbonyl (C=O) groups excluding carboxylic acids is 1. The molecule has 0 bridgehead atoms. The first-order valence-electron chi connectivity index (χ1n) is 2.91. The molecule has 1 saturated heterocycles. The molecule has 0 aliphatic carbocycles. The van der Waals surface area contributed by atoms with Gasteiger partial charge in [0.05, 0.1) is 0 Å². The molecule has 1 aliphatic rings. The molecule has 0 aromatic heterocycles. The third-order valence-electron chi connectivity index (χ3n) is 1.35. The minimum absolute atomic E-state index is 0.173. The lowest BCUT2D eigenvalue weighted by molar-refractivity contribution is -0.125. The van der Waals surface area contributed by atoms with E-state index in [1.807, 2.05) is 0 Å². The Kier molecular flexibility index (Phi) is 2.11. The number of nitrogens with zero attached hydrogens (tertiary/aromatic N) is 1. The molecule has 0 saturated carbocycles. The van der Waals surface area contributed by atoms with Gasteiger partial charge in [0.1, 0.15) is 0 Å². The molecule has 0 aromatic rings. The molecular weight excluding hydrogens is 138 g/mol. The molecule has 0 unspecified atom stereocenters. The van der Waals surface area contributed by atoms with Gasteiger partial charge < -0.3 is 4.90 Å². The number of likely N-dealkylation sites (tertiary alicyclic amines) is 1. The lowest BCUT2D eigenvalue weighted by Crippen LogP contribution is -2.16. The van der Waals surface area contributed by atoms with Gasteiger partial charge in [0.25, 0.3) is 0 Å². The van der Waals surface area contributed by atoms with E-state index in [1.54, 1.807) is 11.1 Å². The second-order valence-corrected chi connectivity index (χ2v) is 2.22. The number of carbonyl (C=O) groups is 1.